The summed E-state index contributed by atoms with van der Waals surface area (Å²) in [6, 6.07) is 11.5. The summed E-state index contributed by atoms with van der Waals surface area (Å²) in [5.41, 5.74) is 1.78. The monoisotopic (exact) mass is 340 g/mol. The predicted octanol–water partition coefficient (Wildman–Crippen LogP) is 2.16. The van der Waals surface area contributed by atoms with Crippen LogP contribution in [0.5, 0.6) is 5.75 Å². The molecule has 6 heteroatoms. The number of carbonyl (C=O) groups is 1. The Hall–Kier alpha value is -2.60. The largest absolute Gasteiger partial charge is 0.484 e. The first-order chi connectivity index (χ1) is 12.1. The number of piperazine rings is 1. The molecule has 0 bridgehead atoms. The van der Waals surface area contributed by atoms with E-state index < -0.39 is 0 Å². The van der Waals surface area contributed by atoms with E-state index in [4.69, 9.17) is 4.74 Å². The Labute approximate surface area is 148 Å². The fourth-order valence-electron chi connectivity index (χ4n) is 2.73. The van der Waals surface area contributed by atoms with Gasteiger partial charge in [0.2, 0.25) is 0 Å². The van der Waals surface area contributed by atoms with Crippen molar-refractivity contribution in [1.29, 1.82) is 0 Å². The van der Waals surface area contributed by atoms with Gasteiger partial charge in [0.15, 0.2) is 6.61 Å². The summed E-state index contributed by atoms with van der Waals surface area (Å²) in [4.78, 5) is 21.0. The second kappa shape index (κ2) is 7.98. The molecule has 0 radical (unpaired) electrons. The number of rotatable bonds is 5. The predicted molar refractivity (Wildman–Crippen MR) is 99.3 cm³/mol. The normalized spacial score (nSPS) is 15.0. The molecule has 1 aromatic heterocycles. The van der Waals surface area contributed by atoms with E-state index in [0.717, 1.165) is 37.6 Å². The number of likely N-dealkylation sites (N-methyl/N-ethyl adjacent to an activating group) is 1. The molecular formula is C19H24N4O2. The van der Waals surface area contributed by atoms with Crippen LogP contribution < -0.4 is 15.0 Å². The Morgan fingerprint density at radius 1 is 1.20 bits per heavy atom. The van der Waals surface area contributed by atoms with Gasteiger partial charge in [0.25, 0.3) is 5.91 Å². The summed E-state index contributed by atoms with van der Waals surface area (Å²) >= 11 is 0. The van der Waals surface area contributed by atoms with Crippen LogP contribution in [-0.2, 0) is 4.79 Å². The van der Waals surface area contributed by atoms with Crippen LogP contribution in [0.25, 0.3) is 0 Å². The molecule has 1 aliphatic rings. The van der Waals surface area contributed by atoms with Gasteiger partial charge in [-0.15, -0.1) is 0 Å². The first-order valence-electron chi connectivity index (χ1n) is 8.49. The molecule has 0 unspecified atom stereocenters. The zero-order valence-electron chi connectivity index (χ0n) is 14.7. The number of nitrogens with zero attached hydrogens (tertiary/aromatic N) is 3. The van der Waals surface area contributed by atoms with Crippen molar-refractivity contribution < 1.29 is 9.53 Å². The molecule has 1 aromatic carbocycles. The second-order valence-corrected chi connectivity index (χ2v) is 6.35. The molecule has 2 heterocycles. The Balaban J connectivity index is 1.50. The minimum atomic E-state index is -0.198. The fraction of sp³-hybridized carbons (Fsp3) is 0.368. The molecule has 2 aromatic rings. The topological polar surface area (TPSA) is 57.7 Å². The van der Waals surface area contributed by atoms with E-state index in [1.807, 2.05) is 43.3 Å². The number of nitrogens with one attached hydrogen (secondary N) is 1. The average Bonchev–Trinajstić information content (AvgIpc) is 2.62. The highest BCUT2D eigenvalue weighted by atomic mass is 16.5. The molecule has 1 N–H and O–H groups in total. The summed E-state index contributed by atoms with van der Waals surface area (Å²) in [6.45, 7) is 5.98. The van der Waals surface area contributed by atoms with Gasteiger partial charge in [-0.25, -0.2) is 4.98 Å². The van der Waals surface area contributed by atoms with Crippen molar-refractivity contribution in [2.24, 2.45) is 0 Å². The SMILES string of the molecule is Cc1cccc(OCC(=O)Nc2ccc(N3CCN(C)CC3)nc2)c1. The van der Waals surface area contributed by atoms with Crippen molar-refractivity contribution in [2.45, 2.75) is 6.92 Å². The number of aromatic nitrogens is 1. The molecule has 0 saturated carbocycles. The first-order valence-corrected chi connectivity index (χ1v) is 8.49. The van der Waals surface area contributed by atoms with Gasteiger partial charge in [-0.1, -0.05) is 12.1 Å². The molecule has 1 amide bonds. The maximum atomic E-state index is 12.0. The molecule has 0 atom stereocenters. The van der Waals surface area contributed by atoms with E-state index in [1.54, 1.807) is 6.20 Å². The highest BCUT2D eigenvalue weighted by Gasteiger charge is 2.15. The van der Waals surface area contributed by atoms with Gasteiger partial charge in [-0.3, -0.25) is 4.79 Å². The molecular weight excluding hydrogens is 316 g/mol. The number of carbonyl (C=O) groups excluding carboxylic acids is 1. The minimum absolute atomic E-state index is 0.0241. The van der Waals surface area contributed by atoms with E-state index in [2.05, 4.69) is 27.1 Å². The van der Waals surface area contributed by atoms with Gasteiger partial charge in [-0.05, 0) is 43.8 Å². The van der Waals surface area contributed by atoms with Crippen LogP contribution >= 0.6 is 0 Å². The van der Waals surface area contributed by atoms with Crippen molar-refractivity contribution in [3.05, 3.63) is 48.2 Å². The summed E-state index contributed by atoms with van der Waals surface area (Å²) in [5.74, 6) is 1.44. The van der Waals surface area contributed by atoms with Crippen molar-refractivity contribution >= 4 is 17.4 Å². The second-order valence-electron chi connectivity index (χ2n) is 6.35. The number of hydrogen-bond donors (Lipinski definition) is 1. The average molecular weight is 340 g/mol. The third-order valence-electron chi connectivity index (χ3n) is 4.22. The number of hydrogen-bond acceptors (Lipinski definition) is 5. The molecule has 3 rings (SSSR count). The zero-order valence-corrected chi connectivity index (χ0v) is 14.7. The Morgan fingerprint density at radius 3 is 2.68 bits per heavy atom. The Bertz CT molecular complexity index is 710. The maximum absolute atomic E-state index is 12.0. The number of ether oxygens (including phenoxy) is 1. The lowest BCUT2D eigenvalue weighted by molar-refractivity contribution is -0.118. The van der Waals surface area contributed by atoms with Gasteiger partial charge in [0, 0.05) is 26.2 Å². The van der Waals surface area contributed by atoms with E-state index in [-0.39, 0.29) is 12.5 Å². The summed E-state index contributed by atoms with van der Waals surface area (Å²) in [6.07, 6.45) is 1.69. The van der Waals surface area contributed by atoms with Crippen LogP contribution in [0.2, 0.25) is 0 Å². The summed E-state index contributed by atoms with van der Waals surface area (Å²) < 4.78 is 5.50. The highest BCUT2D eigenvalue weighted by molar-refractivity contribution is 5.91. The van der Waals surface area contributed by atoms with Crippen LogP contribution in [-0.4, -0.2) is 55.6 Å². The maximum Gasteiger partial charge on any atom is 0.262 e. The number of benzene rings is 1. The molecule has 132 valence electrons. The highest BCUT2D eigenvalue weighted by Crippen LogP contribution is 2.16. The van der Waals surface area contributed by atoms with Gasteiger partial charge in [-0.2, -0.15) is 0 Å². The number of pyridine rings is 1. The van der Waals surface area contributed by atoms with E-state index in [0.29, 0.717) is 11.4 Å². The van der Waals surface area contributed by atoms with Crippen LogP contribution in [0.1, 0.15) is 5.56 Å². The van der Waals surface area contributed by atoms with Crippen molar-refractivity contribution in [3.8, 4) is 5.75 Å². The van der Waals surface area contributed by atoms with Gasteiger partial charge < -0.3 is 19.9 Å². The standard InChI is InChI=1S/C19H24N4O2/c1-15-4-3-5-17(12-15)25-14-19(24)21-16-6-7-18(20-13-16)23-10-8-22(2)9-11-23/h3-7,12-13H,8-11,14H2,1-2H3,(H,21,24). The quantitative estimate of drug-likeness (QED) is 0.904. The van der Waals surface area contributed by atoms with Crippen LogP contribution in [0.15, 0.2) is 42.6 Å². The zero-order chi connectivity index (χ0) is 17.6. The lowest BCUT2D eigenvalue weighted by Crippen LogP contribution is -2.44. The van der Waals surface area contributed by atoms with E-state index >= 15 is 0 Å². The number of anilines is 2. The smallest absolute Gasteiger partial charge is 0.262 e. The van der Waals surface area contributed by atoms with E-state index in [9.17, 15) is 4.79 Å². The summed E-state index contributed by atoms with van der Waals surface area (Å²) in [7, 11) is 2.13. The van der Waals surface area contributed by atoms with E-state index in [1.165, 1.54) is 0 Å². The minimum Gasteiger partial charge on any atom is -0.484 e. The third kappa shape index (κ3) is 4.93. The van der Waals surface area contributed by atoms with Crippen molar-refractivity contribution in [2.75, 3.05) is 50.1 Å². The third-order valence-corrected chi connectivity index (χ3v) is 4.22. The molecule has 0 aliphatic carbocycles. The number of aryl methyl sites for hydroxylation is 1. The van der Waals surface area contributed by atoms with Gasteiger partial charge in [0.05, 0.1) is 11.9 Å². The first kappa shape index (κ1) is 17.2. The van der Waals surface area contributed by atoms with Crippen molar-refractivity contribution in [3.63, 3.8) is 0 Å². The van der Waals surface area contributed by atoms with Crippen molar-refractivity contribution in [1.82, 2.24) is 9.88 Å². The lowest BCUT2D eigenvalue weighted by atomic mass is 10.2. The molecule has 6 nitrogen and oxygen atoms in total. The van der Waals surface area contributed by atoms with Gasteiger partial charge >= 0.3 is 0 Å². The Morgan fingerprint density at radius 2 is 2.00 bits per heavy atom. The fourth-order valence-corrected chi connectivity index (χ4v) is 2.73. The molecule has 1 aliphatic heterocycles. The molecule has 1 fully saturated rings. The van der Waals surface area contributed by atoms with Crippen LogP contribution in [0.3, 0.4) is 0 Å². The lowest BCUT2D eigenvalue weighted by Gasteiger charge is -2.33. The summed E-state index contributed by atoms with van der Waals surface area (Å²) in [5, 5.41) is 2.81. The van der Waals surface area contributed by atoms with Crippen LogP contribution in [0.4, 0.5) is 11.5 Å². The van der Waals surface area contributed by atoms with Gasteiger partial charge in [0.1, 0.15) is 11.6 Å². The molecule has 1 saturated heterocycles. The molecule has 0 spiro atoms. The number of amides is 1. The van der Waals surface area contributed by atoms with Crippen LogP contribution in [0, 0.1) is 6.92 Å². The molecule has 25 heavy (non-hydrogen) atoms. The Kier molecular flexibility index (Phi) is 5.50.